The first kappa shape index (κ1) is 16.5. The molecule has 0 bridgehead atoms. The molecule has 1 heterocycles. The highest BCUT2D eigenvalue weighted by Gasteiger charge is 2.16. The van der Waals surface area contributed by atoms with E-state index < -0.39 is 0 Å². The van der Waals surface area contributed by atoms with Crippen LogP contribution in [-0.4, -0.2) is 55.6 Å². The van der Waals surface area contributed by atoms with Gasteiger partial charge < -0.3 is 5.32 Å². The Balaban J connectivity index is 1.54. The second kappa shape index (κ2) is 9.93. The molecular formula is C18H31N3. The third kappa shape index (κ3) is 6.60. The molecule has 1 aromatic carbocycles. The average Bonchev–Trinajstić information content (AvgIpc) is 2.53. The number of hydrogen-bond donors (Lipinski definition) is 1. The fourth-order valence-corrected chi connectivity index (χ4v) is 2.87. The van der Waals surface area contributed by atoms with Gasteiger partial charge in [-0.2, -0.15) is 0 Å². The molecule has 1 aliphatic heterocycles. The minimum Gasteiger partial charge on any atom is -0.315 e. The second-order valence-electron chi connectivity index (χ2n) is 6.06. The summed E-state index contributed by atoms with van der Waals surface area (Å²) < 4.78 is 0. The zero-order chi connectivity index (χ0) is 14.8. The average molecular weight is 289 g/mol. The number of unbranched alkanes of at least 4 members (excludes halogenated alkanes) is 2. The Bertz CT molecular complexity index is 358. The number of benzene rings is 1. The van der Waals surface area contributed by atoms with Crippen LogP contribution in [0.15, 0.2) is 30.3 Å². The molecule has 0 atom stereocenters. The Kier molecular flexibility index (Phi) is 7.79. The van der Waals surface area contributed by atoms with E-state index in [1.54, 1.807) is 0 Å². The Morgan fingerprint density at radius 3 is 2.33 bits per heavy atom. The van der Waals surface area contributed by atoms with Crippen LogP contribution in [0.1, 0.15) is 31.7 Å². The fourth-order valence-electron chi connectivity index (χ4n) is 2.87. The van der Waals surface area contributed by atoms with E-state index in [1.165, 1.54) is 64.1 Å². The predicted molar refractivity (Wildman–Crippen MR) is 90.6 cm³/mol. The minimum absolute atomic E-state index is 1.10. The van der Waals surface area contributed by atoms with Crippen molar-refractivity contribution >= 4 is 0 Å². The van der Waals surface area contributed by atoms with E-state index >= 15 is 0 Å². The van der Waals surface area contributed by atoms with Crippen LogP contribution in [0.2, 0.25) is 0 Å². The minimum atomic E-state index is 1.10. The van der Waals surface area contributed by atoms with Crippen LogP contribution in [0.5, 0.6) is 0 Å². The number of hydrogen-bond acceptors (Lipinski definition) is 3. The summed E-state index contributed by atoms with van der Waals surface area (Å²) in [7, 11) is 0. The van der Waals surface area contributed by atoms with Gasteiger partial charge in [-0.05, 0) is 18.5 Å². The van der Waals surface area contributed by atoms with Crippen LogP contribution in [-0.2, 0) is 6.54 Å². The summed E-state index contributed by atoms with van der Waals surface area (Å²) in [6, 6.07) is 10.8. The van der Waals surface area contributed by atoms with Crippen LogP contribution < -0.4 is 5.32 Å². The molecule has 1 fully saturated rings. The second-order valence-corrected chi connectivity index (χ2v) is 6.06. The standard InChI is InChI=1S/C18H31N3/c1-2-3-7-10-19-11-12-20-13-15-21(16-14-20)17-18-8-5-4-6-9-18/h4-6,8-9,19H,2-3,7,10-17H2,1H3. The third-order valence-electron chi connectivity index (χ3n) is 4.28. The van der Waals surface area contributed by atoms with Crippen LogP contribution in [0, 0.1) is 0 Å². The molecule has 0 aromatic heterocycles. The molecule has 0 saturated carbocycles. The first-order valence-electron chi connectivity index (χ1n) is 8.58. The van der Waals surface area contributed by atoms with E-state index in [-0.39, 0.29) is 0 Å². The highest BCUT2D eigenvalue weighted by atomic mass is 15.3. The molecule has 0 aliphatic carbocycles. The Morgan fingerprint density at radius 1 is 0.905 bits per heavy atom. The monoisotopic (exact) mass is 289 g/mol. The summed E-state index contributed by atoms with van der Waals surface area (Å²) in [5.74, 6) is 0. The maximum Gasteiger partial charge on any atom is 0.0234 e. The van der Waals surface area contributed by atoms with E-state index in [2.05, 4.69) is 52.4 Å². The molecule has 1 saturated heterocycles. The van der Waals surface area contributed by atoms with Gasteiger partial charge in [0.2, 0.25) is 0 Å². The topological polar surface area (TPSA) is 18.5 Å². The van der Waals surface area contributed by atoms with Gasteiger partial charge in [-0.1, -0.05) is 50.1 Å². The van der Waals surface area contributed by atoms with Crippen molar-refractivity contribution < 1.29 is 0 Å². The molecule has 0 unspecified atom stereocenters. The lowest BCUT2D eigenvalue weighted by atomic mass is 10.2. The molecule has 1 N–H and O–H groups in total. The van der Waals surface area contributed by atoms with Gasteiger partial charge in [-0.25, -0.2) is 0 Å². The van der Waals surface area contributed by atoms with Gasteiger partial charge in [0.1, 0.15) is 0 Å². The van der Waals surface area contributed by atoms with Gasteiger partial charge in [0.15, 0.2) is 0 Å². The molecule has 3 heteroatoms. The Hall–Kier alpha value is -0.900. The van der Waals surface area contributed by atoms with E-state index in [1.807, 2.05) is 0 Å². The highest BCUT2D eigenvalue weighted by Crippen LogP contribution is 2.07. The number of nitrogens with zero attached hydrogens (tertiary/aromatic N) is 2. The van der Waals surface area contributed by atoms with E-state index in [9.17, 15) is 0 Å². The van der Waals surface area contributed by atoms with Crippen molar-refractivity contribution in [1.82, 2.24) is 15.1 Å². The summed E-state index contributed by atoms with van der Waals surface area (Å²) in [4.78, 5) is 5.16. The van der Waals surface area contributed by atoms with Crippen molar-refractivity contribution in [3.8, 4) is 0 Å². The fraction of sp³-hybridized carbons (Fsp3) is 0.667. The van der Waals surface area contributed by atoms with E-state index in [0.717, 1.165) is 13.1 Å². The smallest absolute Gasteiger partial charge is 0.0234 e. The van der Waals surface area contributed by atoms with Gasteiger partial charge in [0.05, 0.1) is 0 Å². The first-order chi connectivity index (χ1) is 10.4. The molecule has 0 amide bonds. The van der Waals surface area contributed by atoms with E-state index in [0.29, 0.717) is 0 Å². The lowest BCUT2D eigenvalue weighted by Crippen LogP contribution is -2.47. The third-order valence-corrected chi connectivity index (χ3v) is 4.28. The highest BCUT2D eigenvalue weighted by molar-refractivity contribution is 5.14. The van der Waals surface area contributed by atoms with Crippen molar-refractivity contribution in [2.75, 3.05) is 45.8 Å². The number of rotatable bonds is 9. The zero-order valence-corrected chi connectivity index (χ0v) is 13.6. The van der Waals surface area contributed by atoms with E-state index in [4.69, 9.17) is 0 Å². The van der Waals surface area contributed by atoms with Gasteiger partial charge in [-0.3, -0.25) is 9.80 Å². The molecular weight excluding hydrogens is 258 g/mol. The van der Waals surface area contributed by atoms with Crippen LogP contribution in [0.25, 0.3) is 0 Å². The SMILES string of the molecule is CCCCCNCCN1CCN(Cc2ccccc2)CC1. The Labute approximate surface area is 130 Å². The van der Waals surface area contributed by atoms with Crippen LogP contribution in [0.4, 0.5) is 0 Å². The lowest BCUT2D eigenvalue weighted by molar-refractivity contribution is 0.128. The van der Waals surface area contributed by atoms with Crippen LogP contribution in [0.3, 0.4) is 0 Å². The molecule has 118 valence electrons. The molecule has 1 aliphatic rings. The molecule has 1 aromatic rings. The quantitative estimate of drug-likeness (QED) is 0.705. The first-order valence-corrected chi connectivity index (χ1v) is 8.58. The summed E-state index contributed by atoms with van der Waals surface area (Å²) in [5.41, 5.74) is 1.43. The summed E-state index contributed by atoms with van der Waals surface area (Å²) in [6.45, 7) is 11.7. The van der Waals surface area contributed by atoms with Gasteiger partial charge in [-0.15, -0.1) is 0 Å². The van der Waals surface area contributed by atoms with Crippen LogP contribution >= 0.6 is 0 Å². The van der Waals surface area contributed by atoms with Crippen molar-refractivity contribution in [1.29, 1.82) is 0 Å². The molecule has 0 spiro atoms. The molecule has 3 nitrogen and oxygen atoms in total. The maximum absolute atomic E-state index is 3.56. The maximum atomic E-state index is 3.56. The van der Waals surface area contributed by atoms with Crippen molar-refractivity contribution in [3.63, 3.8) is 0 Å². The number of piperazine rings is 1. The van der Waals surface area contributed by atoms with Gasteiger partial charge in [0, 0.05) is 45.8 Å². The summed E-state index contributed by atoms with van der Waals surface area (Å²) >= 11 is 0. The summed E-state index contributed by atoms with van der Waals surface area (Å²) in [6.07, 6.45) is 3.98. The molecule has 2 rings (SSSR count). The normalized spacial score (nSPS) is 17.2. The zero-order valence-electron chi connectivity index (χ0n) is 13.6. The molecule has 21 heavy (non-hydrogen) atoms. The lowest BCUT2D eigenvalue weighted by Gasteiger charge is -2.34. The van der Waals surface area contributed by atoms with Crippen molar-refractivity contribution in [2.24, 2.45) is 0 Å². The largest absolute Gasteiger partial charge is 0.315 e. The Morgan fingerprint density at radius 2 is 1.62 bits per heavy atom. The molecule has 0 radical (unpaired) electrons. The van der Waals surface area contributed by atoms with Gasteiger partial charge >= 0.3 is 0 Å². The summed E-state index contributed by atoms with van der Waals surface area (Å²) in [5, 5.41) is 3.56. The number of nitrogens with one attached hydrogen (secondary N) is 1. The van der Waals surface area contributed by atoms with Crippen molar-refractivity contribution in [2.45, 2.75) is 32.7 Å². The predicted octanol–water partition coefficient (Wildman–Crippen LogP) is 2.58. The van der Waals surface area contributed by atoms with Crippen molar-refractivity contribution in [3.05, 3.63) is 35.9 Å². The van der Waals surface area contributed by atoms with Gasteiger partial charge in [0.25, 0.3) is 0 Å².